The number of thioether (sulfide) groups is 1. The summed E-state index contributed by atoms with van der Waals surface area (Å²) >= 11 is 1.32. The number of furan rings is 1. The normalized spacial score (nSPS) is 19.7. The van der Waals surface area contributed by atoms with Gasteiger partial charge in [0.05, 0.1) is 28.8 Å². The van der Waals surface area contributed by atoms with Crippen molar-refractivity contribution >= 4 is 35.4 Å². The van der Waals surface area contributed by atoms with Crippen LogP contribution in [0, 0.1) is 0 Å². The Morgan fingerprint density at radius 1 is 1.02 bits per heavy atom. The van der Waals surface area contributed by atoms with Crippen molar-refractivity contribution in [3.8, 4) is 22.8 Å². The lowest BCUT2D eigenvalue weighted by Gasteiger charge is -2.40. The van der Waals surface area contributed by atoms with E-state index in [-0.39, 0.29) is 19.3 Å². The molecule has 0 spiro atoms. The number of carbonyl (C=O) groups is 2. The summed E-state index contributed by atoms with van der Waals surface area (Å²) < 4.78 is 22.8. The van der Waals surface area contributed by atoms with Crippen molar-refractivity contribution in [2.24, 2.45) is 0 Å². The number of benzene rings is 3. The minimum absolute atomic E-state index is 0.0882. The third-order valence-corrected chi connectivity index (χ3v) is 8.78. The molecule has 10 nitrogen and oxygen atoms in total. The van der Waals surface area contributed by atoms with E-state index in [4.69, 9.17) is 18.6 Å². The predicted molar refractivity (Wildman–Crippen MR) is 166 cm³/mol. The van der Waals surface area contributed by atoms with Crippen molar-refractivity contribution in [1.29, 1.82) is 0 Å². The van der Waals surface area contributed by atoms with Crippen LogP contribution in [0.5, 0.6) is 11.5 Å². The smallest absolute Gasteiger partial charge is 0.338 e. The Bertz CT molecular complexity index is 1850. The maximum absolute atomic E-state index is 14.2. The molecule has 1 amide bonds. The highest BCUT2D eigenvalue weighted by molar-refractivity contribution is 8.05. The Kier molecular flexibility index (Phi) is 7.58. The van der Waals surface area contributed by atoms with Gasteiger partial charge in [-0.05, 0) is 48.4 Å². The predicted octanol–water partition coefficient (Wildman–Crippen LogP) is 5.18. The lowest BCUT2D eigenvalue weighted by molar-refractivity contribution is -0.140. The standard InChI is InChI=1S/C34H28N2O8S/c1-2-41-33(40)28-29(19-7-4-3-5-8-19)35-34-36(30(28)21-11-13-25-26(16-21)43-18-42-25)31(37)27(45-34)17-23-12-14-24(44-23)20-9-6-10-22(15-20)32(38)39/h3-17,30,32,34-35,38-39H,2,18H2,1H3/b27-17+. The molecule has 45 heavy (non-hydrogen) atoms. The van der Waals surface area contributed by atoms with Gasteiger partial charge in [-0.2, -0.15) is 0 Å². The molecule has 2 unspecified atom stereocenters. The Balaban J connectivity index is 1.30. The molecule has 1 saturated heterocycles. The number of amides is 1. The van der Waals surface area contributed by atoms with Crippen LogP contribution in [0.3, 0.4) is 0 Å². The summed E-state index contributed by atoms with van der Waals surface area (Å²) in [6.45, 7) is 1.99. The van der Waals surface area contributed by atoms with E-state index in [0.29, 0.717) is 55.9 Å². The number of rotatable bonds is 7. The molecule has 4 heterocycles. The molecule has 228 valence electrons. The summed E-state index contributed by atoms with van der Waals surface area (Å²) in [6.07, 6.45) is 0.0648. The van der Waals surface area contributed by atoms with Gasteiger partial charge in [0.25, 0.3) is 5.91 Å². The number of esters is 1. The summed E-state index contributed by atoms with van der Waals surface area (Å²) in [7, 11) is 0. The molecule has 0 radical (unpaired) electrons. The molecule has 2 atom stereocenters. The molecular weight excluding hydrogens is 596 g/mol. The topological polar surface area (TPSA) is 131 Å². The van der Waals surface area contributed by atoms with Gasteiger partial charge in [-0.25, -0.2) is 4.79 Å². The minimum atomic E-state index is -1.61. The Morgan fingerprint density at radius 2 is 1.82 bits per heavy atom. The number of nitrogens with one attached hydrogen (secondary N) is 1. The van der Waals surface area contributed by atoms with Gasteiger partial charge in [-0.3, -0.25) is 9.69 Å². The third-order valence-electron chi connectivity index (χ3n) is 7.66. The summed E-state index contributed by atoms with van der Waals surface area (Å²) in [5, 5.41) is 22.6. The number of aliphatic hydroxyl groups excluding tert-OH is 1. The van der Waals surface area contributed by atoms with E-state index in [2.05, 4.69) is 5.32 Å². The van der Waals surface area contributed by atoms with Crippen molar-refractivity contribution in [2.45, 2.75) is 24.8 Å². The lowest BCUT2D eigenvalue weighted by atomic mass is 9.91. The number of ether oxygens (including phenoxy) is 3. The van der Waals surface area contributed by atoms with E-state index in [1.54, 1.807) is 66.4 Å². The van der Waals surface area contributed by atoms with E-state index < -0.39 is 23.8 Å². The van der Waals surface area contributed by atoms with Gasteiger partial charge in [0.2, 0.25) is 6.79 Å². The van der Waals surface area contributed by atoms with Gasteiger partial charge in [-0.1, -0.05) is 66.4 Å². The highest BCUT2D eigenvalue weighted by Gasteiger charge is 2.49. The molecule has 0 saturated carbocycles. The first kappa shape index (κ1) is 28.8. The van der Waals surface area contributed by atoms with Crippen LogP contribution >= 0.6 is 11.8 Å². The Labute approximate surface area is 262 Å². The highest BCUT2D eigenvalue weighted by Crippen LogP contribution is 2.49. The molecular formula is C34H28N2O8S. The average Bonchev–Trinajstić information content (AvgIpc) is 3.80. The second kappa shape index (κ2) is 11.8. The zero-order chi connectivity index (χ0) is 31.1. The lowest BCUT2D eigenvalue weighted by Crippen LogP contribution is -2.49. The summed E-state index contributed by atoms with van der Waals surface area (Å²) in [5.74, 6) is 1.24. The molecule has 3 N–H and O–H groups in total. The van der Waals surface area contributed by atoms with Gasteiger partial charge in [-0.15, -0.1) is 0 Å². The summed E-state index contributed by atoms with van der Waals surface area (Å²) in [4.78, 5) is 29.9. The van der Waals surface area contributed by atoms with Crippen LogP contribution in [0.25, 0.3) is 23.1 Å². The average molecular weight is 625 g/mol. The van der Waals surface area contributed by atoms with Gasteiger partial charge >= 0.3 is 5.97 Å². The van der Waals surface area contributed by atoms with Gasteiger partial charge < -0.3 is 34.2 Å². The molecule has 0 aliphatic carbocycles. The maximum atomic E-state index is 14.2. The zero-order valence-corrected chi connectivity index (χ0v) is 24.8. The van der Waals surface area contributed by atoms with Crippen molar-refractivity contribution in [3.63, 3.8) is 0 Å². The molecule has 4 aromatic rings. The van der Waals surface area contributed by atoms with E-state index in [0.717, 1.165) is 5.56 Å². The summed E-state index contributed by atoms with van der Waals surface area (Å²) in [5.41, 5.74) is 2.77. The van der Waals surface area contributed by atoms with Crippen LogP contribution in [0.4, 0.5) is 0 Å². The zero-order valence-electron chi connectivity index (χ0n) is 24.0. The summed E-state index contributed by atoms with van der Waals surface area (Å²) in [6, 6.07) is 24.3. The largest absolute Gasteiger partial charge is 0.463 e. The van der Waals surface area contributed by atoms with Crippen LogP contribution in [0.15, 0.2) is 99.8 Å². The fourth-order valence-electron chi connectivity index (χ4n) is 5.63. The fraction of sp³-hybridized carbons (Fsp3) is 0.176. The van der Waals surface area contributed by atoms with Crippen LogP contribution < -0.4 is 14.8 Å². The maximum Gasteiger partial charge on any atom is 0.338 e. The van der Waals surface area contributed by atoms with E-state index in [1.165, 1.54) is 11.8 Å². The number of carbonyl (C=O) groups excluding carboxylic acids is 2. The number of nitrogens with zero attached hydrogens (tertiary/aromatic N) is 1. The van der Waals surface area contributed by atoms with Crippen LogP contribution in [0.1, 0.15) is 41.7 Å². The Hall–Kier alpha value is -4.97. The second-order valence-corrected chi connectivity index (χ2v) is 11.5. The highest BCUT2D eigenvalue weighted by atomic mass is 32.2. The van der Waals surface area contributed by atoms with Crippen molar-refractivity contribution in [2.75, 3.05) is 13.4 Å². The van der Waals surface area contributed by atoms with Gasteiger partial charge in [0.15, 0.2) is 23.3 Å². The quantitative estimate of drug-likeness (QED) is 0.144. The van der Waals surface area contributed by atoms with Crippen molar-refractivity contribution in [3.05, 3.63) is 118 Å². The number of fused-ring (bicyclic) bond motifs is 2. The van der Waals surface area contributed by atoms with Crippen LogP contribution in [-0.4, -0.2) is 45.9 Å². The number of hydrogen-bond donors (Lipinski definition) is 3. The van der Waals surface area contributed by atoms with Crippen molar-refractivity contribution < 1.29 is 38.4 Å². The van der Waals surface area contributed by atoms with E-state index >= 15 is 0 Å². The molecule has 3 aliphatic heterocycles. The minimum Gasteiger partial charge on any atom is -0.463 e. The second-order valence-electron chi connectivity index (χ2n) is 10.4. The first-order valence-electron chi connectivity index (χ1n) is 14.3. The number of aliphatic hydroxyl groups is 2. The number of hydrogen-bond acceptors (Lipinski definition) is 10. The van der Waals surface area contributed by atoms with Gasteiger partial charge in [0, 0.05) is 17.2 Å². The Morgan fingerprint density at radius 3 is 2.62 bits per heavy atom. The first-order chi connectivity index (χ1) is 21.9. The van der Waals surface area contributed by atoms with Gasteiger partial charge in [0.1, 0.15) is 11.5 Å². The third kappa shape index (κ3) is 5.35. The molecule has 0 bridgehead atoms. The van der Waals surface area contributed by atoms with Crippen molar-refractivity contribution in [1.82, 2.24) is 10.2 Å². The van der Waals surface area contributed by atoms with Crippen LogP contribution in [-0.2, 0) is 14.3 Å². The van der Waals surface area contributed by atoms with E-state index in [1.807, 2.05) is 36.4 Å². The SMILES string of the molecule is CCOC(=O)C1=C(c2ccccc2)NC2S/C(=C/c3ccc(-c4cccc(C(O)O)c4)o3)C(=O)N2C1c1ccc2c(c1)OCO2. The molecule has 3 aromatic carbocycles. The molecule has 11 heteroatoms. The molecule has 3 aliphatic rings. The molecule has 1 fully saturated rings. The first-order valence-corrected chi connectivity index (χ1v) is 15.2. The van der Waals surface area contributed by atoms with Crippen LogP contribution in [0.2, 0.25) is 0 Å². The monoisotopic (exact) mass is 624 g/mol. The van der Waals surface area contributed by atoms with E-state index in [9.17, 15) is 19.8 Å². The fourth-order valence-corrected chi connectivity index (χ4v) is 6.77. The molecule has 1 aromatic heterocycles. The molecule has 7 rings (SSSR count).